The van der Waals surface area contributed by atoms with Crippen molar-refractivity contribution >= 4 is 12.2 Å². The molecule has 3 nitrogen and oxygen atoms in total. The molecule has 0 spiro atoms. The van der Waals surface area contributed by atoms with Gasteiger partial charge in [0.05, 0.1) is 0 Å². The third-order valence-corrected chi connectivity index (χ3v) is 2.75. The number of H-pyrrole nitrogens is 1. The van der Waals surface area contributed by atoms with Gasteiger partial charge in [-0.3, -0.25) is 0 Å². The van der Waals surface area contributed by atoms with Gasteiger partial charge in [-0.1, -0.05) is 0 Å². The summed E-state index contributed by atoms with van der Waals surface area (Å²) in [4.78, 5) is 5.27. The summed E-state index contributed by atoms with van der Waals surface area (Å²) in [7, 11) is 4.19. The first-order valence-corrected chi connectivity index (χ1v) is 5.34. The van der Waals surface area contributed by atoms with Crippen LogP contribution in [0.2, 0.25) is 0 Å². The fourth-order valence-electron chi connectivity index (χ4n) is 1.59. The second kappa shape index (κ2) is 4.75. The van der Waals surface area contributed by atoms with Crippen molar-refractivity contribution in [1.82, 2.24) is 14.5 Å². The number of aromatic amines is 1. The molecule has 0 radical (unpaired) electrons. The standard InChI is InChI=1S/C10H19N3S/c1-8(5-6-12(3)4)13-9(2)7-11-10(13)14/h7-8H,5-6H2,1-4H3,(H,11,14). The summed E-state index contributed by atoms with van der Waals surface area (Å²) in [6.45, 7) is 5.38. The van der Waals surface area contributed by atoms with Gasteiger partial charge in [-0.05, 0) is 53.1 Å². The van der Waals surface area contributed by atoms with Gasteiger partial charge in [-0.25, -0.2) is 0 Å². The summed E-state index contributed by atoms with van der Waals surface area (Å²) in [5.74, 6) is 0. The van der Waals surface area contributed by atoms with Crippen LogP contribution in [0, 0.1) is 11.7 Å². The van der Waals surface area contributed by atoms with E-state index in [-0.39, 0.29) is 0 Å². The van der Waals surface area contributed by atoms with Gasteiger partial charge in [0.25, 0.3) is 0 Å². The van der Waals surface area contributed by atoms with E-state index in [4.69, 9.17) is 12.2 Å². The maximum atomic E-state index is 5.22. The maximum Gasteiger partial charge on any atom is 0.177 e. The number of hydrogen-bond donors (Lipinski definition) is 1. The molecule has 1 aromatic heterocycles. The Balaban J connectivity index is 2.69. The summed E-state index contributed by atoms with van der Waals surface area (Å²) in [5.41, 5.74) is 1.21. The molecule has 0 bridgehead atoms. The fourth-order valence-corrected chi connectivity index (χ4v) is 1.97. The van der Waals surface area contributed by atoms with E-state index >= 15 is 0 Å². The summed E-state index contributed by atoms with van der Waals surface area (Å²) in [5, 5.41) is 0. The summed E-state index contributed by atoms with van der Waals surface area (Å²) < 4.78 is 3.01. The molecule has 0 saturated carbocycles. The SMILES string of the molecule is Cc1c[nH]c(=S)n1C(C)CCN(C)C. The van der Waals surface area contributed by atoms with Crippen LogP contribution in [0.1, 0.15) is 25.1 Å². The quantitative estimate of drug-likeness (QED) is 0.776. The van der Waals surface area contributed by atoms with Crippen molar-refractivity contribution in [1.29, 1.82) is 0 Å². The minimum atomic E-state index is 0.469. The highest BCUT2D eigenvalue weighted by molar-refractivity contribution is 7.71. The molecule has 0 aliphatic rings. The first-order chi connectivity index (χ1) is 6.52. The topological polar surface area (TPSA) is 24.0 Å². The molecule has 1 N–H and O–H groups in total. The number of aromatic nitrogens is 2. The molecular weight excluding hydrogens is 194 g/mol. The zero-order valence-corrected chi connectivity index (χ0v) is 10.2. The molecule has 0 amide bonds. The smallest absolute Gasteiger partial charge is 0.177 e. The fraction of sp³-hybridized carbons (Fsp3) is 0.700. The van der Waals surface area contributed by atoms with E-state index in [9.17, 15) is 0 Å². The zero-order valence-electron chi connectivity index (χ0n) is 9.37. The Kier molecular flexibility index (Phi) is 3.89. The molecule has 1 heterocycles. The van der Waals surface area contributed by atoms with Gasteiger partial charge in [-0.15, -0.1) is 0 Å². The molecule has 0 aliphatic carbocycles. The van der Waals surface area contributed by atoms with Crippen LogP contribution in [0.4, 0.5) is 0 Å². The Morgan fingerprint density at radius 2 is 2.21 bits per heavy atom. The predicted molar refractivity (Wildman–Crippen MR) is 62.2 cm³/mol. The number of imidazole rings is 1. The Morgan fingerprint density at radius 1 is 1.57 bits per heavy atom. The van der Waals surface area contributed by atoms with Crippen molar-refractivity contribution in [3.8, 4) is 0 Å². The maximum absolute atomic E-state index is 5.22. The van der Waals surface area contributed by atoms with Crippen molar-refractivity contribution in [2.24, 2.45) is 0 Å². The number of aryl methyl sites for hydroxylation is 1. The van der Waals surface area contributed by atoms with E-state index in [1.807, 2.05) is 6.20 Å². The summed E-state index contributed by atoms with van der Waals surface area (Å²) in [6, 6.07) is 0.469. The van der Waals surface area contributed by atoms with E-state index in [0.717, 1.165) is 17.7 Å². The molecule has 1 aromatic rings. The van der Waals surface area contributed by atoms with Gasteiger partial charge in [0.15, 0.2) is 4.77 Å². The van der Waals surface area contributed by atoms with E-state index in [2.05, 4.69) is 42.4 Å². The van der Waals surface area contributed by atoms with Crippen LogP contribution < -0.4 is 0 Å². The lowest BCUT2D eigenvalue weighted by Gasteiger charge is -2.17. The molecule has 14 heavy (non-hydrogen) atoms. The molecule has 0 aliphatic heterocycles. The average molecular weight is 213 g/mol. The Hall–Kier alpha value is -0.610. The molecule has 1 atom stereocenters. The lowest BCUT2D eigenvalue weighted by molar-refractivity contribution is 0.355. The molecule has 1 unspecified atom stereocenters. The van der Waals surface area contributed by atoms with Crippen molar-refractivity contribution in [2.45, 2.75) is 26.3 Å². The van der Waals surface area contributed by atoms with Crippen molar-refractivity contribution < 1.29 is 0 Å². The number of nitrogens with one attached hydrogen (secondary N) is 1. The van der Waals surface area contributed by atoms with E-state index < -0.39 is 0 Å². The van der Waals surface area contributed by atoms with Crippen LogP contribution in [-0.2, 0) is 0 Å². The minimum absolute atomic E-state index is 0.469. The average Bonchev–Trinajstić information content (AvgIpc) is 2.42. The van der Waals surface area contributed by atoms with Gasteiger partial charge in [0.1, 0.15) is 0 Å². The second-order valence-corrected chi connectivity index (χ2v) is 4.43. The molecule has 0 fully saturated rings. The van der Waals surface area contributed by atoms with E-state index in [1.165, 1.54) is 5.69 Å². The molecule has 0 aromatic carbocycles. The largest absolute Gasteiger partial charge is 0.337 e. The van der Waals surface area contributed by atoms with E-state index in [0.29, 0.717) is 6.04 Å². The van der Waals surface area contributed by atoms with Gasteiger partial charge in [-0.2, -0.15) is 0 Å². The van der Waals surface area contributed by atoms with Crippen LogP contribution in [0.3, 0.4) is 0 Å². The van der Waals surface area contributed by atoms with Gasteiger partial charge < -0.3 is 14.5 Å². The lowest BCUT2D eigenvalue weighted by atomic mass is 10.2. The summed E-state index contributed by atoms with van der Waals surface area (Å²) >= 11 is 5.22. The highest BCUT2D eigenvalue weighted by Gasteiger charge is 2.08. The third-order valence-electron chi connectivity index (χ3n) is 2.44. The lowest BCUT2D eigenvalue weighted by Crippen LogP contribution is -2.18. The second-order valence-electron chi connectivity index (χ2n) is 4.05. The Bertz CT molecular complexity index is 337. The molecular formula is C10H19N3S. The van der Waals surface area contributed by atoms with Crippen LogP contribution in [-0.4, -0.2) is 35.1 Å². The van der Waals surface area contributed by atoms with Gasteiger partial charge in [0.2, 0.25) is 0 Å². The highest BCUT2D eigenvalue weighted by atomic mass is 32.1. The Morgan fingerprint density at radius 3 is 2.64 bits per heavy atom. The van der Waals surface area contributed by atoms with E-state index in [1.54, 1.807) is 0 Å². The molecule has 4 heteroatoms. The van der Waals surface area contributed by atoms with Crippen molar-refractivity contribution in [3.63, 3.8) is 0 Å². The number of rotatable bonds is 4. The van der Waals surface area contributed by atoms with Crippen molar-refractivity contribution in [2.75, 3.05) is 20.6 Å². The van der Waals surface area contributed by atoms with Crippen LogP contribution in [0.25, 0.3) is 0 Å². The van der Waals surface area contributed by atoms with Gasteiger partial charge >= 0.3 is 0 Å². The van der Waals surface area contributed by atoms with Crippen LogP contribution in [0.15, 0.2) is 6.20 Å². The third kappa shape index (κ3) is 2.69. The Labute approximate surface area is 90.7 Å². The number of nitrogens with zero attached hydrogens (tertiary/aromatic N) is 2. The predicted octanol–water partition coefficient (Wildman–Crippen LogP) is 2.37. The summed E-state index contributed by atoms with van der Waals surface area (Å²) in [6.07, 6.45) is 3.09. The normalized spacial score (nSPS) is 13.5. The monoisotopic (exact) mass is 213 g/mol. The molecule has 1 rings (SSSR count). The zero-order chi connectivity index (χ0) is 10.7. The minimum Gasteiger partial charge on any atom is -0.337 e. The van der Waals surface area contributed by atoms with Crippen molar-refractivity contribution in [3.05, 3.63) is 16.7 Å². The number of hydrogen-bond acceptors (Lipinski definition) is 2. The first kappa shape index (κ1) is 11.5. The molecule has 0 saturated heterocycles. The highest BCUT2D eigenvalue weighted by Crippen LogP contribution is 2.14. The van der Waals surface area contributed by atoms with Crippen LogP contribution in [0.5, 0.6) is 0 Å². The van der Waals surface area contributed by atoms with Gasteiger partial charge in [0, 0.05) is 17.9 Å². The molecule has 80 valence electrons. The van der Waals surface area contributed by atoms with Crippen LogP contribution >= 0.6 is 12.2 Å². The first-order valence-electron chi connectivity index (χ1n) is 4.93.